The third-order valence-corrected chi connectivity index (χ3v) is 10.3. The van der Waals surface area contributed by atoms with Gasteiger partial charge in [-0.25, -0.2) is 24.5 Å². The van der Waals surface area contributed by atoms with E-state index in [0.29, 0.717) is 29.8 Å². The summed E-state index contributed by atoms with van der Waals surface area (Å²) in [5.41, 5.74) is 6.46. The molecule has 4 aliphatic rings. The lowest BCUT2D eigenvalue weighted by Crippen LogP contribution is -2.33. The molecule has 1 saturated heterocycles. The molecule has 1 aliphatic carbocycles. The maximum atomic E-state index is 13.1. The second-order valence-electron chi connectivity index (χ2n) is 9.79. The predicted octanol–water partition coefficient (Wildman–Crippen LogP) is 1.74. The first kappa shape index (κ1) is 27.5. The number of nitrogen functional groups attached to an aromatic ring is 1. The highest BCUT2D eigenvalue weighted by Crippen LogP contribution is 2.58. The highest BCUT2D eigenvalue weighted by atomic mass is 32.7. The molecule has 41 heavy (non-hydrogen) atoms. The summed E-state index contributed by atoms with van der Waals surface area (Å²) in [6, 6.07) is -0.0984. The normalized spacial score (nSPS) is 34.4. The second-order valence-corrected chi connectivity index (χ2v) is 15.5. The average molecular weight is 644 g/mol. The zero-order chi connectivity index (χ0) is 28.5. The quantitative estimate of drug-likeness (QED) is 0.172. The Hall–Kier alpha value is -2.31. The van der Waals surface area contributed by atoms with E-state index in [9.17, 15) is 14.3 Å². The third-order valence-electron chi connectivity index (χ3n) is 7.06. The fraction of sp³-hybridized carbons (Fsp3) is 0.500. The number of nitrogens with zero attached hydrogens (tertiary/aromatic N) is 7. The van der Waals surface area contributed by atoms with Crippen LogP contribution in [0.4, 0.5) is 5.95 Å². The minimum Gasteiger partial charge on any atom is -0.369 e. The van der Waals surface area contributed by atoms with E-state index >= 15 is 0 Å². The molecule has 7 heterocycles. The van der Waals surface area contributed by atoms with Crippen LogP contribution in [0.5, 0.6) is 0 Å². The number of aromatic amines is 1. The van der Waals surface area contributed by atoms with Crippen molar-refractivity contribution in [2.24, 2.45) is 0 Å². The number of anilines is 1. The van der Waals surface area contributed by atoms with Crippen LogP contribution in [0.15, 0.2) is 23.6 Å². The first-order valence-electron chi connectivity index (χ1n) is 12.4. The summed E-state index contributed by atoms with van der Waals surface area (Å²) >= 11 is 9.54. The van der Waals surface area contributed by atoms with Crippen molar-refractivity contribution >= 4 is 65.8 Å². The molecule has 0 aromatic carbocycles. The largest absolute Gasteiger partial charge is 0.386 e. The molecule has 2 fully saturated rings. The van der Waals surface area contributed by atoms with Crippen LogP contribution < -0.4 is 11.3 Å². The Kier molecular flexibility index (Phi) is 6.81. The van der Waals surface area contributed by atoms with E-state index in [2.05, 4.69) is 42.2 Å². The fourth-order valence-electron chi connectivity index (χ4n) is 5.24. The van der Waals surface area contributed by atoms with Crippen LogP contribution >= 0.6 is 25.8 Å². The van der Waals surface area contributed by atoms with Crippen LogP contribution in [0.3, 0.4) is 0 Å². The Morgan fingerprint density at radius 3 is 2.80 bits per heavy atom. The number of H-pyrrole nitrogens is 1. The number of thiol groups is 1. The maximum Gasteiger partial charge on any atom is 0.386 e. The zero-order valence-electron chi connectivity index (χ0n) is 20.9. The first-order valence-corrected chi connectivity index (χ1v) is 17.7. The van der Waals surface area contributed by atoms with Crippen LogP contribution in [0.2, 0.25) is 0 Å². The van der Waals surface area contributed by atoms with Crippen molar-refractivity contribution in [3.05, 3.63) is 35.0 Å². The molecule has 0 radical (unpaired) electrons. The minimum absolute atomic E-state index is 0.0218. The molecule has 4 aromatic heterocycles. The van der Waals surface area contributed by atoms with Gasteiger partial charge in [-0.1, -0.05) is 12.2 Å². The van der Waals surface area contributed by atoms with Crippen molar-refractivity contribution in [1.29, 1.82) is 0 Å². The highest BCUT2D eigenvalue weighted by molar-refractivity contribution is 8.44. The molecule has 4 N–H and O–H groups in total. The lowest BCUT2D eigenvalue weighted by molar-refractivity contribution is -0.0454. The van der Waals surface area contributed by atoms with Gasteiger partial charge in [0.25, 0.3) is 5.56 Å². The van der Waals surface area contributed by atoms with E-state index in [-0.39, 0.29) is 48.9 Å². The van der Waals surface area contributed by atoms with E-state index in [1.807, 2.05) is 4.57 Å². The molecule has 0 spiro atoms. The van der Waals surface area contributed by atoms with Crippen LogP contribution in [0, 0.1) is 0 Å². The van der Waals surface area contributed by atoms with Crippen LogP contribution in [-0.2, 0) is 45.8 Å². The van der Waals surface area contributed by atoms with Gasteiger partial charge in [-0.05, 0) is 24.6 Å². The van der Waals surface area contributed by atoms with Gasteiger partial charge in [-0.15, -0.1) is 0 Å². The Morgan fingerprint density at radius 2 is 1.98 bits per heavy atom. The SMILES string of the molecule is Nc1nc2c(ncn2[C@@H]2O[C@@H]3COP(=O)(S)OC4CC(C4)n4c(nc5cncnc54)COP(O)(=S)O[C@@H]2C3)c(=O)[nH]1. The molecular weight excluding hydrogens is 620 g/mol. The summed E-state index contributed by atoms with van der Waals surface area (Å²) in [6.07, 6.45) is 2.48. The predicted molar refractivity (Wildman–Crippen MR) is 148 cm³/mol. The Bertz CT molecular complexity index is 1810. The van der Waals surface area contributed by atoms with Crippen molar-refractivity contribution in [2.75, 3.05) is 12.3 Å². The van der Waals surface area contributed by atoms with Gasteiger partial charge in [-0.2, -0.15) is 4.98 Å². The number of hydrogen-bond donors (Lipinski definition) is 4. The Balaban J connectivity index is 1.24. The minimum atomic E-state index is -3.90. The summed E-state index contributed by atoms with van der Waals surface area (Å²) in [7, 11) is 0. The van der Waals surface area contributed by atoms with Crippen LogP contribution in [-0.4, -0.2) is 68.9 Å². The van der Waals surface area contributed by atoms with Crippen molar-refractivity contribution in [3.8, 4) is 0 Å². The molecule has 3 aliphatic heterocycles. The van der Waals surface area contributed by atoms with Gasteiger partial charge in [-0.3, -0.25) is 23.4 Å². The Morgan fingerprint density at radius 1 is 1.15 bits per heavy atom. The number of nitrogens with one attached hydrogen (secondary N) is 1. The molecule has 8 rings (SSSR count). The number of rotatable bonds is 1. The van der Waals surface area contributed by atoms with Gasteiger partial charge in [0.15, 0.2) is 23.0 Å². The zero-order valence-corrected chi connectivity index (χ0v) is 24.4. The topological polar surface area (TPSA) is 217 Å². The van der Waals surface area contributed by atoms with Crippen LogP contribution in [0.25, 0.3) is 22.3 Å². The van der Waals surface area contributed by atoms with Gasteiger partial charge in [0, 0.05) is 12.5 Å². The van der Waals surface area contributed by atoms with Crippen molar-refractivity contribution < 1.29 is 32.3 Å². The number of nitrogens with two attached hydrogens (primary N) is 1. The summed E-state index contributed by atoms with van der Waals surface area (Å²) in [5, 5.41) is 0. The molecule has 21 heteroatoms. The summed E-state index contributed by atoms with van der Waals surface area (Å²) in [4.78, 5) is 47.1. The van der Waals surface area contributed by atoms with Gasteiger partial charge in [0.2, 0.25) is 5.95 Å². The third kappa shape index (κ3) is 5.24. The van der Waals surface area contributed by atoms with Gasteiger partial charge < -0.3 is 29.0 Å². The van der Waals surface area contributed by atoms with Crippen molar-refractivity contribution in [3.63, 3.8) is 0 Å². The maximum absolute atomic E-state index is 13.1. The van der Waals surface area contributed by atoms with E-state index in [1.54, 1.807) is 6.20 Å². The lowest BCUT2D eigenvalue weighted by atomic mass is 9.89. The van der Waals surface area contributed by atoms with Crippen LogP contribution in [0.1, 0.15) is 37.4 Å². The van der Waals surface area contributed by atoms with E-state index in [1.165, 1.54) is 17.2 Å². The number of imidazole rings is 2. The second kappa shape index (κ2) is 10.2. The monoisotopic (exact) mass is 643 g/mol. The van der Waals surface area contributed by atoms with E-state index < -0.39 is 37.5 Å². The molecule has 4 bridgehead atoms. The molecule has 0 amide bonds. The molecule has 5 atom stereocenters. The average Bonchev–Trinajstić information content (AvgIpc) is 3.58. The summed E-state index contributed by atoms with van der Waals surface area (Å²) in [6.45, 7) is -8.01. The van der Waals surface area contributed by atoms with Gasteiger partial charge in [0.05, 0.1) is 31.3 Å². The number of fused-ring (bicyclic) bond motifs is 8. The van der Waals surface area contributed by atoms with E-state index in [0.717, 1.165) is 0 Å². The fourth-order valence-corrected chi connectivity index (χ4v) is 8.17. The molecule has 1 saturated carbocycles. The standard InChI is InChI=1S/C20H23N9O8P2S2/c21-20-26-17-15(18(30)27-20)24-8-28(17)19-13-3-11(35-19)5-33-38(31,40)36-10-1-9(2-10)29-14(6-34-39(32,41)37-13)25-12-4-22-7-23-16(12)29/h4,7-11,13,19H,1-3,5-6H2,(H,31,40)(H,32,41)(H3,21,26,27,30)/t9?,10?,11-,13+,19+,38?,39?/m0/s1. The van der Waals surface area contributed by atoms with E-state index in [4.69, 9.17) is 40.4 Å². The lowest BCUT2D eigenvalue weighted by Gasteiger charge is -2.37. The molecule has 218 valence electrons. The van der Waals surface area contributed by atoms with Crippen molar-refractivity contribution in [1.82, 2.24) is 39.0 Å². The van der Waals surface area contributed by atoms with Crippen molar-refractivity contribution in [2.45, 2.75) is 56.5 Å². The number of aromatic nitrogens is 8. The first-order chi connectivity index (χ1) is 19.6. The smallest absolute Gasteiger partial charge is 0.369 e. The summed E-state index contributed by atoms with van der Waals surface area (Å²) < 4.78 is 45.5. The molecule has 2 unspecified atom stereocenters. The van der Waals surface area contributed by atoms with Gasteiger partial charge in [0.1, 0.15) is 30.4 Å². The highest BCUT2D eigenvalue weighted by Gasteiger charge is 2.44. The number of ether oxygens (including phenoxy) is 1. The summed E-state index contributed by atoms with van der Waals surface area (Å²) in [5.74, 6) is 0.324. The van der Waals surface area contributed by atoms with Gasteiger partial charge >= 0.3 is 13.5 Å². The molecule has 17 nitrogen and oxygen atoms in total. The molecule has 4 aromatic rings. The molecular formula is C20H23N9O8P2S2. The number of hydrogen-bond acceptors (Lipinski definition) is 14. The Labute approximate surface area is 240 Å².